The lowest BCUT2D eigenvalue weighted by atomic mass is 10.1. The van der Waals surface area contributed by atoms with Crippen LogP contribution in [-0.2, 0) is 11.3 Å². The van der Waals surface area contributed by atoms with Gasteiger partial charge in [0, 0.05) is 50.5 Å². The van der Waals surface area contributed by atoms with E-state index in [4.69, 9.17) is 4.74 Å². The van der Waals surface area contributed by atoms with Crippen molar-refractivity contribution in [1.29, 1.82) is 5.26 Å². The van der Waals surface area contributed by atoms with E-state index in [1.54, 1.807) is 41.3 Å². The number of hydrogen-bond donors (Lipinski definition) is 0. The number of rotatable bonds is 9. The first-order valence-corrected chi connectivity index (χ1v) is 10.7. The van der Waals surface area contributed by atoms with Gasteiger partial charge in [0.25, 0.3) is 5.91 Å². The Labute approximate surface area is 191 Å². The topological polar surface area (TPSA) is 65.8 Å². The minimum Gasteiger partial charge on any atom is -0.489 e. The molecule has 1 amide bonds. The third-order valence-corrected chi connectivity index (χ3v) is 5.30. The molecule has 1 saturated heterocycles. The molecule has 0 radical (unpaired) electrons. The van der Waals surface area contributed by atoms with Crippen molar-refractivity contribution in [2.75, 3.05) is 45.9 Å². The van der Waals surface area contributed by atoms with Gasteiger partial charge in [-0.2, -0.15) is 18.4 Å². The van der Waals surface area contributed by atoms with Gasteiger partial charge in [-0.25, -0.2) is 0 Å². The van der Waals surface area contributed by atoms with Crippen LogP contribution in [0.25, 0.3) is 0 Å². The van der Waals surface area contributed by atoms with E-state index in [1.807, 2.05) is 12.1 Å². The third kappa shape index (κ3) is 7.77. The van der Waals surface area contributed by atoms with Crippen molar-refractivity contribution in [1.82, 2.24) is 9.80 Å². The predicted octanol–water partition coefficient (Wildman–Crippen LogP) is 3.86. The zero-order valence-corrected chi connectivity index (χ0v) is 18.2. The van der Waals surface area contributed by atoms with E-state index in [1.165, 1.54) is 0 Å². The normalized spacial score (nSPS) is 14.7. The van der Waals surface area contributed by atoms with E-state index < -0.39 is 12.8 Å². The maximum absolute atomic E-state index is 12.9. The van der Waals surface area contributed by atoms with E-state index >= 15 is 0 Å². The van der Waals surface area contributed by atoms with Gasteiger partial charge in [-0.3, -0.25) is 9.69 Å². The quantitative estimate of drug-likeness (QED) is 0.531. The number of halogens is 3. The third-order valence-electron chi connectivity index (χ3n) is 5.30. The van der Waals surface area contributed by atoms with Gasteiger partial charge in [0.05, 0.1) is 11.6 Å². The zero-order valence-electron chi connectivity index (χ0n) is 18.2. The molecule has 3 rings (SSSR count). The highest BCUT2D eigenvalue weighted by molar-refractivity contribution is 5.94. The van der Waals surface area contributed by atoms with Crippen molar-refractivity contribution >= 4 is 5.91 Å². The van der Waals surface area contributed by atoms with E-state index in [-0.39, 0.29) is 19.1 Å². The Morgan fingerprint density at radius 3 is 2.55 bits per heavy atom. The van der Waals surface area contributed by atoms with Gasteiger partial charge < -0.3 is 14.4 Å². The lowest BCUT2D eigenvalue weighted by molar-refractivity contribution is -0.174. The number of alkyl halides is 3. The molecule has 0 unspecified atom stereocenters. The summed E-state index contributed by atoms with van der Waals surface area (Å²) in [6.07, 6.45) is -3.78. The highest BCUT2D eigenvalue weighted by Gasteiger charge is 2.27. The molecule has 0 spiro atoms. The molecule has 0 bridgehead atoms. The van der Waals surface area contributed by atoms with Gasteiger partial charge in [0.2, 0.25) is 0 Å². The molecule has 2 aromatic carbocycles. The summed E-state index contributed by atoms with van der Waals surface area (Å²) in [6, 6.07) is 16.3. The van der Waals surface area contributed by atoms with Crippen molar-refractivity contribution in [2.45, 2.75) is 19.2 Å². The SMILES string of the molecule is N#Cc1ccccc1COc1cccc(C(=O)N2CCN(CCCOCC(F)(F)F)CC2)c1. The van der Waals surface area contributed by atoms with Crippen LogP contribution in [0, 0.1) is 11.3 Å². The minimum absolute atomic E-state index is 0.0598. The molecule has 2 aromatic rings. The van der Waals surface area contributed by atoms with Gasteiger partial charge in [-0.15, -0.1) is 0 Å². The fraction of sp³-hybridized carbons (Fsp3) is 0.417. The smallest absolute Gasteiger partial charge is 0.411 e. The molecule has 0 saturated carbocycles. The summed E-state index contributed by atoms with van der Waals surface area (Å²) in [5.41, 5.74) is 1.85. The standard InChI is InChI=1S/C24H26F3N3O3/c25-24(26,27)18-32-14-4-9-29-10-12-30(13-11-29)23(31)19-7-3-8-22(15-19)33-17-21-6-2-1-5-20(21)16-28/h1-3,5-8,15H,4,9-14,17-18H2. The first kappa shape index (κ1) is 24.6. The number of piperazine rings is 1. The van der Waals surface area contributed by atoms with Crippen LogP contribution in [-0.4, -0.2) is 67.8 Å². The van der Waals surface area contributed by atoms with Gasteiger partial charge in [-0.05, 0) is 30.7 Å². The highest BCUT2D eigenvalue weighted by Crippen LogP contribution is 2.19. The minimum atomic E-state index is -4.30. The molecule has 0 N–H and O–H groups in total. The summed E-state index contributed by atoms with van der Waals surface area (Å²) in [6.45, 7) is 2.11. The van der Waals surface area contributed by atoms with Crippen molar-refractivity contribution < 1.29 is 27.4 Å². The molecule has 0 aromatic heterocycles. The Morgan fingerprint density at radius 2 is 1.82 bits per heavy atom. The molecule has 33 heavy (non-hydrogen) atoms. The van der Waals surface area contributed by atoms with Crippen molar-refractivity contribution in [3.8, 4) is 11.8 Å². The van der Waals surface area contributed by atoms with Crippen LogP contribution in [0.5, 0.6) is 5.75 Å². The lowest BCUT2D eigenvalue weighted by Crippen LogP contribution is -2.49. The number of amides is 1. The molecule has 6 nitrogen and oxygen atoms in total. The maximum atomic E-state index is 12.9. The molecule has 1 heterocycles. The Morgan fingerprint density at radius 1 is 1.06 bits per heavy atom. The van der Waals surface area contributed by atoms with Crippen molar-refractivity contribution in [3.05, 3.63) is 65.2 Å². The second-order valence-corrected chi connectivity index (χ2v) is 7.74. The summed E-state index contributed by atoms with van der Waals surface area (Å²) in [5, 5.41) is 9.19. The van der Waals surface area contributed by atoms with Crippen LogP contribution in [0.15, 0.2) is 48.5 Å². The van der Waals surface area contributed by atoms with Crippen LogP contribution >= 0.6 is 0 Å². The Bertz CT molecular complexity index is 967. The monoisotopic (exact) mass is 461 g/mol. The van der Waals surface area contributed by atoms with E-state index in [0.29, 0.717) is 56.0 Å². The number of carbonyl (C=O) groups is 1. The molecule has 0 atom stereocenters. The van der Waals surface area contributed by atoms with Crippen LogP contribution in [0.2, 0.25) is 0 Å². The summed E-state index contributed by atoms with van der Waals surface area (Å²) < 4.78 is 46.7. The average molecular weight is 461 g/mol. The van der Waals surface area contributed by atoms with Gasteiger partial charge >= 0.3 is 6.18 Å². The number of hydrogen-bond acceptors (Lipinski definition) is 5. The van der Waals surface area contributed by atoms with Crippen LogP contribution < -0.4 is 4.74 Å². The predicted molar refractivity (Wildman–Crippen MR) is 116 cm³/mol. The molecular formula is C24H26F3N3O3. The van der Waals surface area contributed by atoms with E-state index in [9.17, 15) is 23.2 Å². The van der Waals surface area contributed by atoms with Gasteiger partial charge in [0.1, 0.15) is 19.0 Å². The summed E-state index contributed by atoms with van der Waals surface area (Å²) in [4.78, 5) is 16.8. The summed E-state index contributed by atoms with van der Waals surface area (Å²) >= 11 is 0. The molecule has 1 aliphatic rings. The number of nitriles is 1. The summed E-state index contributed by atoms with van der Waals surface area (Å²) in [7, 11) is 0. The number of ether oxygens (including phenoxy) is 2. The van der Waals surface area contributed by atoms with Crippen molar-refractivity contribution in [2.24, 2.45) is 0 Å². The van der Waals surface area contributed by atoms with Crippen LogP contribution in [0.1, 0.15) is 27.9 Å². The first-order valence-electron chi connectivity index (χ1n) is 10.7. The summed E-state index contributed by atoms with van der Waals surface area (Å²) in [5.74, 6) is 0.456. The lowest BCUT2D eigenvalue weighted by Gasteiger charge is -2.34. The second kappa shape index (κ2) is 11.7. The fourth-order valence-corrected chi connectivity index (χ4v) is 3.57. The Hall–Kier alpha value is -3.09. The molecule has 0 aliphatic carbocycles. The first-order chi connectivity index (χ1) is 15.9. The molecular weight excluding hydrogens is 435 g/mol. The zero-order chi connectivity index (χ0) is 23.7. The average Bonchev–Trinajstić information content (AvgIpc) is 2.82. The maximum Gasteiger partial charge on any atom is 0.411 e. The Balaban J connectivity index is 1.45. The molecule has 1 aliphatic heterocycles. The van der Waals surface area contributed by atoms with Gasteiger partial charge in [0.15, 0.2) is 0 Å². The number of nitrogens with zero attached hydrogens (tertiary/aromatic N) is 3. The van der Waals surface area contributed by atoms with E-state index in [2.05, 4.69) is 15.7 Å². The number of benzene rings is 2. The fourth-order valence-electron chi connectivity index (χ4n) is 3.57. The largest absolute Gasteiger partial charge is 0.489 e. The van der Waals surface area contributed by atoms with Gasteiger partial charge in [-0.1, -0.05) is 24.3 Å². The second-order valence-electron chi connectivity index (χ2n) is 7.74. The molecule has 176 valence electrons. The molecule has 9 heteroatoms. The van der Waals surface area contributed by atoms with Crippen molar-refractivity contribution in [3.63, 3.8) is 0 Å². The molecule has 1 fully saturated rings. The number of carbonyl (C=O) groups excluding carboxylic acids is 1. The Kier molecular flexibility index (Phi) is 8.69. The highest BCUT2D eigenvalue weighted by atomic mass is 19.4. The van der Waals surface area contributed by atoms with E-state index in [0.717, 1.165) is 5.56 Å². The van der Waals surface area contributed by atoms with Crippen LogP contribution in [0.4, 0.5) is 13.2 Å². The van der Waals surface area contributed by atoms with Crippen LogP contribution in [0.3, 0.4) is 0 Å².